The van der Waals surface area contributed by atoms with Gasteiger partial charge in [-0.25, -0.2) is 9.18 Å². The van der Waals surface area contributed by atoms with Gasteiger partial charge in [0.05, 0.1) is 11.3 Å². The summed E-state index contributed by atoms with van der Waals surface area (Å²) in [6.07, 6.45) is 0.786. The molecule has 0 fully saturated rings. The van der Waals surface area contributed by atoms with E-state index in [9.17, 15) is 14.0 Å². The average molecular weight is 268 g/mol. The van der Waals surface area contributed by atoms with Gasteiger partial charge in [0.2, 0.25) is 0 Å². The van der Waals surface area contributed by atoms with Crippen LogP contribution in [0.15, 0.2) is 18.2 Å². The van der Waals surface area contributed by atoms with Gasteiger partial charge in [0.1, 0.15) is 5.82 Å². The number of carbonyl (C=O) groups is 2. The summed E-state index contributed by atoms with van der Waals surface area (Å²) < 4.78 is 17.7. The van der Waals surface area contributed by atoms with E-state index < -0.39 is 11.8 Å². The highest BCUT2D eigenvalue weighted by Gasteiger charge is 2.12. The molecule has 1 aromatic rings. The fraction of sp³-hybridized carbons (Fsp3) is 0.385. The molecule has 0 bridgehead atoms. The Hall–Kier alpha value is -2.11. The number of nitrogens with two attached hydrogens (primary N) is 1. The lowest BCUT2D eigenvalue weighted by atomic mass is 10.2. The Labute approximate surface area is 110 Å². The van der Waals surface area contributed by atoms with Crippen molar-refractivity contribution in [1.82, 2.24) is 5.32 Å². The molecule has 0 saturated carbocycles. The first-order valence-electron chi connectivity index (χ1n) is 5.95. The van der Waals surface area contributed by atoms with E-state index in [0.29, 0.717) is 0 Å². The Morgan fingerprint density at radius 2 is 2.16 bits per heavy atom. The number of hydrogen-bond acceptors (Lipinski definition) is 4. The molecule has 1 amide bonds. The first-order chi connectivity index (χ1) is 8.93. The summed E-state index contributed by atoms with van der Waals surface area (Å²) in [4.78, 5) is 23.0. The highest BCUT2D eigenvalue weighted by molar-refractivity contribution is 5.92. The number of esters is 1. The second-order valence-electron chi connectivity index (χ2n) is 4.19. The van der Waals surface area contributed by atoms with Crippen molar-refractivity contribution in [3.8, 4) is 0 Å². The topological polar surface area (TPSA) is 81.4 Å². The van der Waals surface area contributed by atoms with Crippen LogP contribution in [-0.2, 0) is 9.53 Å². The van der Waals surface area contributed by atoms with Gasteiger partial charge in [-0.1, -0.05) is 6.92 Å². The molecule has 104 valence electrons. The van der Waals surface area contributed by atoms with Gasteiger partial charge in [-0.05, 0) is 31.5 Å². The molecule has 0 aromatic heterocycles. The van der Waals surface area contributed by atoms with Crippen LogP contribution in [-0.4, -0.2) is 24.5 Å². The maximum atomic E-state index is 12.9. The van der Waals surface area contributed by atoms with Gasteiger partial charge in [-0.2, -0.15) is 0 Å². The van der Waals surface area contributed by atoms with Crippen molar-refractivity contribution in [3.63, 3.8) is 0 Å². The summed E-state index contributed by atoms with van der Waals surface area (Å²) in [6, 6.07) is 3.52. The summed E-state index contributed by atoms with van der Waals surface area (Å²) in [5.41, 5.74) is 5.30. The largest absolute Gasteiger partial charge is 0.452 e. The van der Waals surface area contributed by atoms with Crippen molar-refractivity contribution in [3.05, 3.63) is 29.6 Å². The maximum Gasteiger partial charge on any atom is 0.338 e. The molecule has 1 atom stereocenters. The zero-order chi connectivity index (χ0) is 14.4. The van der Waals surface area contributed by atoms with Crippen LogP contribution in [0.3, 0.4) is 0 Å². The number of carbonyl (C=O) groups excluding carboxylic acids is 2. The fourth-order valence-electron chi connectivity index (χ4n) is 1.30. The van der Waals surface area contributed by atoms with E-state index in [4.69, 9.17) is 10.5 Å². The van der Waals surface area contributed by atoms with E-state index in [1.165, 1.54) is 12.1 Å². The monoisotopic (exact) mass is 268 g/mol. The molecule has 0 aliphatic carbocycles. The molecule has 19 heavy (non-hydrogen) atoms. The molecular formula is C13H17FN2O3. The quantitative estimate of drug-likeness (QED) is 0.626. The molecule has 6 heteroatoms. The fourth-order valence-corrected chi connectivity index (χ4v) is 1.30. The van der Waals surface area contributed by atoms with E-state index in [1.807, 2.05) is 13.8 Å². The van der Waals surface area contributed by atoms with E-state index in [2.05, 4.69) is 5.32 Å². The first-order valence-corrected chi connectivity index (χ1v) is 5.95. The Bertz CT molecular complexity index is 477. The highest BCUT2D eigenvalue weighted by Crippen LogP contribution is 2.12. The van der Waals surface area contributed by atoms with Crippen LogP contribution < -0.4 is 11.1 Å². The molecule has 0 spiro atoms. The van der Waals surface area contributed by atoms with Gasteiger partial charge in [0.15, 0.2) is 6.61 Å². The van der Waals surface area contributed by atoms with Crippen LogP contribution in [0.4, 0.5) is 10.1 Å². The maximum absolute atomic E-state index is 12.9. The van der Waals surface area contributed by atoms with E-state index in [-0.39, 0.29) is 29.8 Å². The Balaban J connectivity index is 2.51. The van der Waals surface area contributed by atoms with E-state index >= 15 is 0 Å². The Morgan fingerprint density at radius 1 is 1.47 bits per heavy atom. The number of rotatable bonds is 5. The number of benzene rings is 1. The second-order valence-corrected chi connectivity index (χ2v) is 4.19. The van der Waals surface area contributed by atoms with Crippen LogP contribution in [0, 0.1) is 5.82 Å². The highest BCUT2D eigenvalue weighted by atomic mass is 19.1. The van der Waals surface area contributed by atoms with Gasteiger partial charge in [0.25, 0.3) is 5.91 Å². The number of nitrogens with one attached hydrogen (secondary N) is 1. The van der Waals surface area contributed by atoms with Crippen LogP contribution in [0.5, 0.6) is 0 Å². The van der Waals surface area contributed by atoms with Crippen LogP contribution in [0.2, 0.25) is 0 Å². The molecule has 0 aliphatic rings. The summed E-state index contributed by atoms with van der Waals surface area (Å²) in [6.45, 7) is 3.40. The van der Waals surface area contributed by atoms with Crippen molar-refractivity contribution in [1.29, 1.82) is 0 Å². The first kappa shape index (κ1) is 14.9. The molecule has 0 radical (unpaired) electrons. The molecule has 0 aliphatic heterocycles. The number of amides is 1. The van der Waals surface area contributed by atoms with E-state index in [0.717, 1.165) is 12.5 Å². The smallest absolute Gasteiger partial charge is 0.338 e. The Kier molecular flexibility index (Phi) is 5.29. The zero-order valence-electron chi connectivity index (χ0n) is 10.9. The summed E-state index contributed by atoms with van der Waals surface area (Å²) >= 11 is 0. The predicted octanol–water partition coefficient (Wildman–Crippen LogP) is 1.48. The molecule has 5 nitrogen and oxygen atoms in total. The second kappa shape index (κ2) is 6.72. The number of nitrogen functional groups attached to an aromatic ring is 1. The van der Waals surface area contributed by atoms with Crippen LogP contribution in [0.25, 0.3) is 0 Å². The van der Waals surface area contributed by atoms with Gasteiger partial charge in [0, 0.05) is 6.04 Å². The van der Waals surface area contributed by atoms with Gasteiger partial charge in [-0.3, -0.25) is 4.79 Å². The lowest BCUT2D eigenvalue weighted by Crippen LogP contribution is -2.35. The lowest BCUT2D eigenvalue weighted by molar-refractivity contribution is -0.124. The minimum Gasteiger partial charge on any atom is -0.452 e. The summed E-state index contributed by atoms with van der Waals surface area (Å²) in [5, 5.41) is 2.66. The molecule has 1 rings (SSSR count). The van der Waals surface area contributed by atoms with Crippen molar-refractivity contribution < 1.29 is 18.7 Å². The van der Waals surface area contributed by atoms with Crippen LogP contribution in [0.1, 0.15) is 30.6 Å². The third-order valence-corrected chi connectivity index (χ3v) is 2.59. The number of hydrogen-bond donors (Lipinski definition) is 2. The van der Waals surface area contributed by atoms with Crippen molar-refractivity contribution in [2.24, 2.45) is 0 Å². The molecule has 1 aromatic carbocycles. The van der Waals surface area contributed by atoms with Gasteiger partial charge >= 0.3 is 5.97 Å². The molecule has 3 N–H and O–H groups in total. The SMILES string of the molecule is CCC(C)NC(=O)COC(=O)c1ccc(F)c(N)c1. The van der Waals surface area contributed by atoms with E-state index in [1.54, 1.807) is 0 Å². The Morgan fingerprint density at radius 3 is 2.74 bits per heavy atom. The zero-order valence-corrected chi connectivity index (χ0v) is 10.9. The van der Waals surface area contributed by atoms with Gasteiger partial charge < -0.3 is 15.8 Å². The third kappa shape index (κ3) is 4.57. The third-order valence-electron chi connectivity index (χ3n) is 2.59. The normalized spacial score (nSPS) is 11.7. The standard InChI is InChI=1S/C13H17FN2O3/c1-3-8(2)16-12(17)7-19-13(18)9-4-5-10(14)11(15)6-9/h4-6,8H,3,7,15H2,1-2H3,(H,16,17). The van der Waals surface area contributed by atoms with Crippen molar-refractivity contribution in [2.45, 2.75) is 26.3 Å². The minimum absolute atomic E-state index is 0.0210. The minimum atomic E-state index is -0.717. The van der Waals surface area contributed by atoms with Crippen LogP contribution >= 0.6 is 0 Å². The average Bonchev–Trinajstić information content (AvgIpc) is 2.39. The number of anilines is 1. The summed E-state index contributed by atoms with van der Waals surface area (Å²) in [5.74, 6) is -1.70. The number of ether oxygens (including phenoxy) is 1. The summed E-state index contributed by atoms with van der Waals surface area (Å²) in [7, 11) is 0. The lowest BCUT2D eigenvalue weighted by Gasteiger charge is -2.11. The number of halogens is 1. The molecule has 1 unspecified atom stereocenters. The van der Waals surface area contributed by atoms with Crippen molar-refractivity contribution >= 4 is 17.6 Å². The molecule has 0 saturated heterocycles. The molecule has 0 heterocycles. The van der Waals surface area contributed by atoms with Gasteiger partial charge in [-0.15, -0.1) is 0 Å². The predicted molar refractivity (Wildman–Crippen MR) is 69.0 cm³/mol. The van der Waals surface area contributed by atoms with Crippen molar-refractivity contribution in [2.75, 3.05) is 12.3 Å². The molecular weight excluding hydrogens is 251 g/mol.